The van der Waals surface area contributed by atoms with Crippen molar-refractivity contribution in [2.45, 2.75) is 25.5 Å². The molecule has 0 bridgehead atoms. The Morgan fingerprint density at radius 1 is 1.22 bits per heavy atom. The average Bonchev–Trinajstić information content (AvgIpc) is 3.10. The Morgan fingerprint density at radius 2 is 2.00 bits per heavy atom. The van der Waals surface area contributed by atoms with Crippen LogP contribution in [0.3, 0.4) is 0 Å². The van der Waals surface area contributed by atoms with Crippen LogP contribution in [0, 0.1) is 0 Å². The number of anilines is 1. The van der Waals surface area contributed by atoms with E-state index in [1.54, 1.807) is 0 Å². The second-order valence-electron chi connectivity index (χ2n) is 5.54. The first-order valence-corrected chi connectivity index (χ1v) is 8.11. The van der Waals surface area contributed by atoms with Gasteiger partial charge in [-0.1, -0.05) is 29.8 Å². The summed E-state index contributed by atoms with van der Waals surface area (Å²) in [6, 6.07) is 14.9. The summed E-state index contributed by atoms with van der Waals surface area (Å²) in [4.78, 5) is 12.0. The van der Waals surface area contributed by atoms with Crippen LogP contribution in [0.15, 0.2) is 48.5 Å². The van der Waals surface area contributed by atoms with Crippen LogP contribution in [0.25, 0.3) is 0 Å². The Morgan fingerprint density at radius 3 is 2.70 bits per heavy atom. The molecule has 0 spiro atoms. The van der Waals surface area contributed by atoms with Gasteiger partial charge in [-0.05, 0) is 49.7 Å². The molecule has 1 aliphatic heterocycles. The van der Waals surface area contributed by atoms with Gasteiger partial charge in [0.05, 0.1) is 6.04 Å². The van der Waals surface area contributed by atoms with Gasteiger partial charge in [-0.15, -0.1) is 0 Å². The Hall–Kier alpha value is -2.04. The first-order valence-electron chi connectivity index (χ1n) is 7.73. The van der Waals surface area contributed by atoms with Crippen molar-refractivity contribution < 1.29 is 9.53 Å². The number of benzene rings is 2. The zero-order valence-electron chi connectivity index (χ0n) is 12.7. The van der Waals surface area contributed by atoms with Crippen LogP contribution < -0.4 is 15.4 Å². The number of hydrogen-bond donors (Lipinski definition) is 2. The van der Waals surface area contributed by atoms with Gasteiger partial charge in [-0.3, -0.25) is 4.79 Å². The Labute approximate surface area is 140 Å². The SMILES string of the molecule is O=C(Nc1ccc(OCc2ccccc2Cl)cc1)C1CCCN1. The predicted molar refractivity (Wildman–Crippen MR) is 91.9 cm³/mol. The molecule has 1 amide bonds. The van der Waals surface area contributed by atoms with Gasteiger partial charge in [0.2, 0.25) is 5.91 Å². The topological polar surface area (TPSA) is 50.4 Å². The van der Waals surface area contributed by atoms with E-state index in [-0.39, 0.29) is 11.9 Å². The van der Waals surface area contributed by atoms with Crippen molar-refractivity contribution >= 4 is 23.2 Å². The maximum absolute atomic E-state index is 12.0. The van der Waals surface area contributed by atoms with Gasteiger partial charge in [0.25, 0.3) is 0 Å². The second-order valence-corrected chi connectivity index (χ2v) is 5.95. The molecular weight excluding hydrogens is 312 g/mol. The van der Waals surface area contributed by atoms with E-state index in [2.05, 4.69) is 10.6 Å². The van der Waals surface area contributed by atoms with Crippen LogP contribution in [-0.4, -0.2) is 18.5 Å². The predicted octanol–water partition coefficient (Wildman–Crippen LogP) is 3.61. The highest BCUT2D eigenvalue weighted by molar-refractivity contribution is 6.31. The molecule has 3 rings (SSSR count). The summed E-state index contributed by atoms with van der Waals surface area (Å²) in [5.41, 5.74) is 1.72. The highest BCUT2D eigenvalue weighted by Crippen LogP contribution is 2.20. The van der Waals surface area contributed by atoms with Crippen molar-refractivity contribution in [1.82, 2.24) is 5.32 Å². The van der Waals surface area contributed by atoms with Crippen LogP contribution >= 0.6 is 11.6 Å². The largest absolute Gasteiger partial charge is 0.489 e. The molecule has 0 radical (unpaired) electrons. The lowest BCUT2D eigenvalue weighted by Gasteiger charge is -2.12. The molecule has 120 valence electrons. The lowest BCUT2D eigenvalue weighted by molar-refractivity contribution is -0.117. The van der Waals surface area contributed by atoms with Crippen LogP contribution in [0.1, 0.15) is 18.4 Å². The standard InChI is InChI=1S/C18H19ClN2O2/c19-16-5-2-1-4-13(16)12-23-15-9-7-14(8-10-15)21-18(22)17-6-3-11-20-17/h1-2,4-5,7-10,17,20H,3,6,11-12H2,(H,21,22). The lowest BCUT2D eigenvalue weighted by Crippen LogP contribution is -2.35. The van der Waals surface area contributed by atoms with Gasteiger partial charge in [-0.25, -0.2) is 0 Å². The monoisotopic (exact) mass is 330 g/mol. The molecule has 0 saturated carbocycles. The quantitative estimate of drug-likeness (QED) is 0.880. The van der Waals surface area contributed by atoms with Crippen molar-refractivity contribution in [2.24, 2.45) is 0 Å². The summed E-state index contributed by atoms with van der Waals surface area (Å²) in [7, 11) is 0. The number of carbonyl (C=O) groups excluding carboxylic acids is 1. The van der Waals surface area contributed by atoms with Crippen molar-refractivity contribution in [1.29, 1.82) is 0 Å². The maximum atomic E-state index is 12.0. The lowest BCUT2D eigenvalue weighted by atomic mass is 10.2. The van der Waals surface area contributed by atoms with E-state index in [9.17, 15) is 4.79 Å². The summed E-state index contributed by atoms with van der Waals surface area (Å²) in [5.74, 6) is 0.758. The minimum Gasteiger partial charge on any atom is -0.489 e. The van der Waals surface area contributed by atoms with Gasteiger partial charge in [0.1, 0.15) is 12.4 Å². The molecule has 2 aromatic rings. The number of amides is 1. The smallest absolute Gasteiger partial charge is 0.241 e. The number of carbonyl (C=O) groups is 1. The minimum atomic E-state index is -0.0776. The summed E-state index contributed by atoms with van der Waals surface area (Å²) in [6.45, 7) is 1.32. The summed E-state index contributed by atoms with van der Waals surface area (Å²) < 4.78 is 5.72. The van der Waals surface area contributed by atoms with Crippen molar-refractivity contribution in [3.05, 3.63) is 59.1 Å². The summed E-state index contributed by atoms with van der Waals surface area (Å²) in [5, 5.41) is 6.79. The molecule has 23 heavy (non-hydrogen) atoms. The van der Waals surface area contributed by atoms with E-state index in [0.29, 0.717) is 11.6 Å². The molecule has 4 nitrogen and oxygen atoms in total. The third kappa shape index (κ3) is 4.24. The van der Waals surface area contributed by atoms with E-state index in [1.165, 1.54) is 0 Å². The second kappa shape index (κ2) is 7.49. The average molecular weight is 331 g/mol. The van der Waals surface area contributed by atoms with Gasteiger partial charge >= 0.3 is 0 Å². The van der Waals surface area contributed by atoms with Gasteiger partial charge < -0.3 is 15.4 Å². The fraction of sp³-hybridized carbons (Fsp3) is 0.278. The van der Waals surface area contributed by atoms with E-state index in [0.717, 1.165) is 36.4 Å². The van der Waals surface area contributed by atoms with Crippen LogP contribution in [-0.2, 0) is 11.4 Å². The number of ether oxygens (including phenoxy) is 1. The van der Waals surface area contributed by atoms with E-state index in [1.807, 2.05) is 48.5 Å². The van der Waals surface area contributed by atoms with Crippen LogP contribution in [0.4, 0.5) is 5.69 Å². The molecule has 1 heterocycles. The molecule has 1 unspecified atom stereocenters. The molecule has 1 fully saturated rings. The van der Waals surface area contributed by atoms with E-state index >= 15 is 0 Å². The number of nitrogens with one attached hydrogen (secondary N) is 2. The zero-order chi connectivity index (χ0) is 16.1. The highest BCUT2D eigenvalue weighted by Gasteiger charge is 2.21. The number of rotatable bonds is 5. The molecular formula is C18H19ClN2O2. The van der Waals surface area contributed by atoms with Crippen molar-refractivity contribution in [3.8, 4) is 5.75 Å². The van der Waals surface area contributed by atoms with Crippen molar-refractivity contribution in [2.75, 3.05) is 11.9 Å². The molecule has 2 aromatic carbocycles. The Kier molecular flexibility index (Phi) is 5.16. The Bertz CT molecular complexity index is 667. The number of halogens is 1. The molecule has 1 atom stereocenters. The molecule has 2 N–H and O–H groups in total. The van der Waals surface area contributed by atoms with Gasteiger partial charge in [-0.2, -0.15) is 0 Å². The fourth-order valence-electron chi connectivity index (χ4n) is 2.55. The molecule has 0 aromatic heterocycles. The zero-order valence-corrected chi connectivity index (χ0v) is 13.5. The van der Waals surface area contributed by atoms with Crippen LogP contribution in [0.5, 0.6) is 5.75 Å². The molecule has 5 heteroatoms. The third-order valence-corrected chi connectivity index (χ3v) is 4.22. The minimum absolute atomic E-state index is 0.0206. The Balaban J connectivity index is 1.54. The summed E-state index contributed by atoms with van der Waals surface area (Å²) in [6.07, 6.45) is 1.94. The van der Waals surface area contributed by atoms with Gasteiger partial charge in [0, 0.05) is 16.3 Å². The number of hydrogen-bond acceptors (Lipinski definition) is 3. The fourth-order valence-corrected chi connectivity index (χ4v) is 2.74. The highest BCUT2D eigenvalue weighted by atomic mass is 35.5. The molecule has 1 saturated heterocycles. The first kappa shape index (κ1) is 15.8. The van der Waals surface area contributed by atoms with E-state index in [4.69, 9.17) is 16.3 Å². The summed E-state index contributed by atoms with van der Waals surface area (Å²) >= 11 is 6.10. The van der Waals surface area contributed by atoms with Crippen molar-refractivity contribution in [3.63, 3.8) is 0 Å². The first-order chi connectivity index (χ1) is 11.2. The molecule has 0 aliphatic carbocycles. The van der Waals surface area contributed by atoms with Gasteiger partial charge in [0.15, 0.2) is 0 Å². The normalized spacial score (nSPS) is 17.0. The third-order valence-electron chi connectivity index (χ3n) is 3.85. The molecule has 1 aliphatic rings. The van der Waals surface area contributed by atoms with E-state index < -0.39 is 0 Å². The maximum Gasteiger partial charge on any atom is 0.241 e. The van der Waals surface area contributed by atoms with Crippen LogP contribution in [0.2, 0.25) is 5.02 Å².